The van der Waals surface area contributed by atoms with Crippen LogP contribution < -0.4 is 10.1 Å². The lowest BCUT2D eigenvalue weighted by Gasteiger charge is -2.36. The fourth-order valence-electron chi connectivity index (χ4n) is 4.02. The molecule has 3 aromatic rings. The molecule has 5 nitrogen and oxygen atoms in total. The lowest BCUT2D eigenvalue weighted by Crippen LogP contribution is -2.41. The van der Waals surface area contributed by atoms with E-state index in [4.69, 9.17) is 49.6 Å². The van der Waals surface area contributed by atoms with Gasteiger partial charge in [-0.05, 0) is 55.8 Å². The summed E-state index contributed by atoms with van der Waals surface area (Å²) in [6.45, 7) is 3.90. The number of hydrogen-bond acceptors (Lipinski definition) is 4. The fourth-order valence-corrected chi connectivity index (χ4v) is 4.64. The van der Waals surface area contributed by atoms with Crippen LogP contribution >= 0.6 is 34.8 Å². The van der Waals surface area contributed by atoms with Gasteiger partial charge in [0.1, 0.15) is 5.60 Å². The third-order valence-electron chi connectivity index (χ3n) is 5.53. The van der Waals surface area contributed by atoms with Crippen LogP contribution in [0.2, 0.25) is 15.1 Å². The van der Waals surface area contributed by atoms with Crippen molar-refractivity contribution in [2.45, 2.75) is 31.8 Å². The van der Waals surface area contributed by atoms with E-state index in [-0.39, 0.29) is 19.1 Å². The predicted octanol–water partition coefficient (Wildman–Crippen LogP) is 6.13. The van der Waals surface area contributed by atoms with Gasteiger partial charge in [-0.3, -0.25) is 4.79 Å². The molecule has 2 N–H and O–H groups in total. The molecule has 0 radical (unpaired) electrons. The predicted molar refractivity (Wildman–Crippen MR) is 132 cm³/mol. The van der Waals surface area contributed by atoms with Crippen LogP contribution in [0.25, 0.3) is 22.4 Å². The van der Waals surface area contributed by atoms with Crippen LogP contribution in [0.1, 0.15) is 31.7 Å². The summed E-state index contributed by atoms with van der Waals surface area (Å²) >= 11 is 18.8. The summed E-state index contributed by atoms with van der Waals surface area (Å²) in [5.41, 5.74) is 3.05. The van der Waals surface area contributed by atoms with Gasteiger partial charge in [0.05, 0.1) is 23.2 Å². The van der Waals surface area contributed by atoms with E-state index in [1.807, 2.05) is 38.1 Å². The van der Waals surface area contributed by atoms with Crippen LogP contribution in [0.4, 0.5) is 0 Å². The van der Waals surface area contributed by atoms with Crippen molar-refractivity contribution in [2.24, 2.45) is 0 Å². The fraction of sp³-hybridized carbons (Fsp3) is 0.280. The van der Waals surface area contributed by atoms with Gasteiger partial charge in [-0.1, -0.05) is 46.9 Å². The second-order valence-electron chi connectivity index (χ2n) is 8.54. The summed E-state index contributed by atoms with van der Waals surface area (Å²) in [6, 6.07) is 14.6. The minimum absolute atomic E-state index is 0.131. The zero-order valence-electron chi connectivity index (χ0n) is 18.2. The average Bonchev–Trinajstić information content (AvgIpc) is 2.76. The van der Waals surface area contributed by atoms with Gasteiger partial charge in [0, 0.05) is 39.7 Å². The van der Waals surface area contributed by atoms with Crippen molar-refractivity contribution < 1.29 is 14.6 Å². The van der Waals surface area contributed by atoms with Crippen molar-refractivity contribution in [3.8, 4) is 28.3 Å². The molecule has 4 rings (SSSR count). The van der Waals surface area contributed by atoms with E-state index in [9.17, 15) is 4.79 Å². The first-order chi connectivity index (χ1) is 15.7. The first kappa shape index (κ1) is 23.8. The highest BCUT2D eigenvalue weighted by Gasteiger charge is 2.39. The van der Waals surface area contributed by atoms with Crippen LogP contribution in [0, 0.1) is 0 Å². The molecule has 0 spiro atoms. The van der Waals surface area contributed by atoms with Crippen molar-refractivity contribution in [2.75, 3.05) is 13.2 Å². The van der Waals surface area contributed by atoms with E-state index in [1.165, 1.54) is 0 Å². The Morgan fingerprint density at radius 1 is 1.09 bits per heavy atom. The maximum atomic E-state index is 13.0. The monoisotopic (exact) mass is 504 g/mol. The van der Waals surface area contributed by atoms with Crippen LogP contribution in [0.5, 0.6) is 5.88 Å². The number of pyridine rings is 1. The number of aromatic nitrogens is 1. The number of carbonyl (C=O) groups is 1. The van der Waals surface area contributed by atoms with Gasteiger partial charge >= 0.3 is 0 Å². The molecule has 2 heterocycles. The number of halogens is 3. The topological polar surface area (TPSA) is 71.5 Å². The van der Waals surface area contributed by atoms with Crippen LogP contribution in [0.15, 0.2) is 48.5 Å². The third-order valence-corrected chi connectivity index (χ3v) is 6.33. The molecule has 8 heteroatoms. The third kappa shape index (κ3) is 5.12. The molecule has 1 unspecified atom stereocenters. The highest BCUT2D eigenvalue weighted by molar-refractivity contribution is 6.36. The largest absolute Gasteiger partial charge is 0.471 e. The summed E-state index contributed by atoms with van der Waals surface area (Å²) in [5.74, 6) is -0.277. The number of fused-ring (bicyclic) bond motifs is 1. The Labute approximate surface area is 207 Å². The van der Waals surface area contributed by atoms with Crippen LogP contribution in [-0.4, -0.2) is 34.8 Å². The molecule has 1 atom stereocenters. The van der Waals surface area contributed by atoms with Crippen molar-refractivity contribution in [3.63, 3.8) is 0 Å². The summed E-state index contributed by atoms with van der Waals surface area (Å²) < 4.78 is 6.21. The molecule has 2 aromatic carbocycles. The van der Waals surface area contributed by atoms with Gasteiger partial charge in [-0.25, -0.2) is 4.98 Å². The van der Waals surface area contributed by atoms with Gasteiger partial charge in [0.2, 0.25) is 11.8 Å². The van der Waals surface area contributed by atoms with E-state index in [0.717, 1.165) is 11.1 Å². The summed E-state index contributed by atoms with van der Waals surface area (Å²) in [7, 11) is 0. The number of aliphatic hydroxyl groups is 1. The molecular formula is C25H23Cl3N2O3. The SMILES string of the molecule is CC1(C)CC(C(=O)NCCO)c2cc(-c3ccc(Cl)cc3)c(-c3ccc(Cl)cc3Cl)nc2O1. The summed E-state index contributed by atoms with van der Waals surface area (Å²) in [5, 5.41) is 13.5. The van der Waals surface area contributed by atoms with Gasteiger partial charge < -0.3 is 15.2 Å². The van der Waals surface area contributed by atoms with E-state index >= 15 is 0 Å². The Hall–Kier alpha value is -2.31. The minimum Gasteiger partial charge on any atom is -0.471 e. The molecular weight excluding hydrogens is 483 g/mol. The number of hydrogen-bond donors (Lipinski definition) is 2. The van der Waals surface area contributed by atoms with E-state index in [2.05, 4.69) is 5.32 Å². The number of nitrogens with zero attached hydrogens (tertiary/aromatic N) is 1. The maximum absolute atomic E-state index is 13.0. The van der Waals surface area contributed by atoms with Gasteiger partial charge in [-0.2, -0.15) is 0 Å². The minimum atomic E-state index is -0.607. The van der Waals surface area contributed by atoms with Gasteiger partial charge in [0.25, 0.3) is 0 Å². The van der Waals surface area contributed by atoms with Crippen molar-refractivity contribution >= 4 is 40.7 Å². The lowest BCUT2D eigenvalue weighted by molar-refractivity contribution is -0.124. The molecule has 1 aliphatic rings. The van der Waals surface area contributed by atoms with Crippen molar-refractivity contribution in [1.29, 1.82) is 0 Å². The van der Waals surface area contributed by atoms with Crippen LogP contribution in [-0.2, 0) is 4.79 Å². The Balaban J connectivity index is 1.94. The van der Waals surface area contributed by atoms with Gasteiger partial charge in [0.15, 0.2) is 0 Å². The van der Waals surface area contributed by atoms with E-state index < -0.39 is 11.5 Å². The Morgan fingerprint density at radius 3 is 2.45 bits per heavy atom. The number of aliphatic hydroxyl groups excluding tert-OH is 1. The lowest BCUT2D eigenvalue weighted by atomic mass is 9.83. The number of ether oxygens (including phenoxy) is 1. The molecule has 0 fully saturated rings. The molecule has 1 aromatic heterocycles. The maximum Gasteiger partial charge on any atom is 0.227 e. The second kappa shape index (κ2) is 9.51. The van der Waals surface area contributed by atoms with Crippen LogP contribution in [0.3, 0.4) is 0 Å². The Kier molecular flexibility index (Phi) is 6.87. The molecule has 33 heavy (non-hydrogen) atoms. The zero-order valence-corrected chi connectivity index (χ0v) is 20.4. The number of benzene rings is 2. The molecule has 0 bridgehead atoms. The van der Waals surface area contributed by atoms with Crippen molar-refractivity contribution in [3.05, 3.63) is 69.2 Å². The number of nitrogens with one attached hydrogen (secondary N) is 1. The van der Waals surface area contributed by atoms with E-state index in [0.29, 0.717) is 44.2 Å². The molecule has 0 saturated heterocycles. The number of carbonyl (C=O) groups excluding carboxylic acids is 1. The van der Waals surface area contributed by atoms with Crippen molar-refractivity contribution in [1.82, 2.24) is 10.3 Å². The highest BCUT2D eigenvalue weighted by atomic mass is 35.5. The normalized spacial score (nSPS) is 16.6. The molecule has 0 saturated carbocycles. The molecule has 0 aliphatic carbocycles. The summed E-state index contributed by atoms with van der Waals surface area (Å²) in [4.78, 5) is 17.9. The quantitative estimate of drug-likeness (QED) is 0.438. The zero-order chi connectivity index (χ0) is 23.8. The standard InChI is InChI=1S/C25H23Cl3N2O3/c1-25(2)13-20(23(32)29-9-10-31)19-12-18(14-3-5-15(26)6-4-14)22(30-24(19)33-25)17-8-7-16(27)11-21(17)28/h3-8,11-12,20,31H,9-10,13H2,1-2H3,(H,29,32). The Morgan fingerprint density at radius 2 is 1.79 bits per heavy atom. The second-order valence-corrected chi connectivity index (χ2v) is 9.82. The molecule has 1 amide bonds. The smallest absolute Gasteiger partial charge is 0.227 e. The van der Waals surface area contributed by atoms with Gasteiger partial charge in [-0.15, -0.1) is 0 Å². The molecule has 172 valence electrons. The highest BCUT2D eigenvalue weighted by Crippen LogP contribution is 2.45. The molecule has 1 aliphatic heterocycles. The number of rotatable bonds is 5. The Bertz CT molecular complexity index is 1200. The summed E-state index contributed by atoms with van der Waals surface area (Å²) in [6.07, 6.45) is 0.472. The first-order valence-electron chi connectivity index (χ1n) is 10.5. The van der Waals surface area contributed by atoms with E-state index in [1.54, 1.807) is 24.3 Å². The average molecular weight is 506 g/mol. The first-order valence-corrected chi connectivity index (χ1v) is 11.7. The number of amides is 1.